The van der Waals surface area contributed by atoms with E-state index in [1.165, 1.54) is 0 Å². The van der Waals surface area contributed by atoms with Crippen molar-refractivity contribution in [2.45, 2.75) is 32.9 Å². The first-order valence-electron chi connectivity index (χ1n) is 6.69. The number of rotatable bonds is 5. The molecular formula is C15H18BrN3O. The van der Waals surface area contributed by atoms with E-state index >= 15 is 0 Å². The first kappa shape index (κ1) is 14.8. The number of aryl methyl sites for hydroxylation is 1. The van der Waals surface area contributed by atoms with E-state index in [-0.39, 0.29) is 11.6 Å². The highest BCUT2D eigenvalue weighted by Gasteiger charge is 2.10. The van der Waals surface area contributed by atoms with Crippen molar-refractivity contribution in [2.24, 2.45) is 0 Å². The highest BCUT2D eigenvalue weighted by Crippen LogP contribution is 2.18. The molecule has 0 aliphatic rings. The molecule has 20 heavy (non-hydrogen) atoms. The van der Waals surface area contributed by atoms with Gasteiger partial charge in [0.05, 0.1) is 6.04 Å². The molecule has 1 N–H and O–H groups in total. The fourth-order valence-electron chi connectivity index (χ4n) is 2.00. The summed E-state index contributed by atoms with van der Waals surface area (Å²) >= 11 is 3.41. The molecular weight excluding hydrogens is 318 g/mol. The van der Waals surface area contributed by atoms with Crippen molar-refractivity contribution in [1.29, 1.82) is 0 Å². The van der Waals surface area contributed by atoms with Crippen LogP contribution in [0.2, 0.25) is 0 Å². The second kappa shape index (κ2) is 6.70. The number of nitrogens with one attached hydrogen (secondary N) is 1. The molecule has 106 valence electrons. The van der Waals surface area contributed by atoms with Crippen LogP contribution in [0.4, 0.5) is 5.82 Å². The topological polar surface area (TPSA) is 46.9 Å². The molecule has 2 aromatic rings. The van der Waals surface area contributed by atoms with Crippen LogP contribution in [0.1, 0.15) is 31.9 Å². The molecule has 0 saturated heterocycles. The summed E-state index contributed by atoms with van der Waals surface area (Å²) < 4.78 is 2.72. The van der Waals surface area contributed by atoms with Gasteiger partial charge in [0.15, 0.2) is 5.82 Å². The number of nitrogens with zero attached hydrogens (tertiary/aromatic N) is 2. The Morgan fingerprint density at radius 2 is 2.05 bits per heavy atom. The summed E-state index contributed by atoms with van der Waals surface area (Å²) in [7, 11) is 0. The van der Waals surface area contributed by atoms with E-state index in [0.29, 0.717) is 12.4 Å². The average Bonchev–Trinajstić information content (AvgIpc) is 2.44. The molecule has 2 rings (SSSR count). The van der Waals surface area contributed by atoms with Gasteiger partial charge in [-0.15, -0.1) is 0 Å². The third-order valence-electron chi connectivity index (χ3n) is 3.10. The Morgan fingerprint density at radius 3 is 2.70 bits per heavy atom. The fourth-order valence-corrected chi connectivity index (χ4v) is 2.27. The first-order chi connectivity index (χ1) is 9.61. The lowest BCUT2D eigenvalue weighted by molar-refractivity contribution is 0.648. The molecule has 1 unspecified atom stereocenters. The lowest BCUT2D eigenvalue weighted by Crippen LogP contribution is -2.25. The Balaban J connectivity index is 2.19. The van der Waals surface area contributed by atoms with Crippen LogP contribution >= 0.6 is 15.9 Å². The summed E-state index contributed by atoms with van der Waals surface area (Å²) in [6.45, 7) is 4.77. The summed E-state index contributed by atoms with van der Waals surface area (Å²) in [6.07, 6.45) is 4.31. The maximum Gasteiger partial charge on any atom is 0.293 e. The minimum absolute atomic E-state index is 0.0285. The van der Waals surface area contributed by atoms with E-state index in [0.717, 1.165) is 16.5 Å². The third kappa shape index (κ3) is 3.48. The molecule has 0 amide bonds. The summed E-state index contributed by atoms with van der Waals surface area (Å²) in [5.41, 5.74) is 1.04. The molecule has 0 aliphatic heterocycles. The van der Waals surface area contributed by atoms with Gasteiger partial charge in [0.2, 0.25) is 0 Å². The van der Waals surface area contributed by atoms with Gasteiger partial charge in [-0.1, -0.05) is 35.0 Å². The molecule has 5 heteroatoms. The first-order valence-corrected chi connectivity index (χ1v) is 7.48. The van der Waals surface area contributed by atoms with E-state index in [4.69, 9.17) is 0 Å². The molecule has 0 aliphatic carbocycles. The zero-order valence-electron chi connectivity index (χ0n) is 11.6. The van der Waals surface area contributed by atoms with Crippen molar-refractivity contribution in [3.8, 4) is 0 Å². The highest BCUT2D eigenvalue weighted by molar-refractivity contribution is 9.10. The van der Waals surface area contributed by atoms with Crippen LogP contribution in [-0.2, 0) is 6.54 Å². The maximum atomic E-state index is 12.2. The van der Waals surface area contributed by atoms with Crippen molar-refractivity contribution in [1.82, 2.24) is 9.55 Å². The number of aromatic nitrogens is 2. The van der Waals surface area contributed by atoms with Crippen LogP contribution in [0, 0.1) is 0 Å². The smallest absolute Gasteiger partial charge is 0.293 e. The minimum Gasteiger partial charge on any atom is -0.359 e. The van der Waals surface area contributed by atoms with Crippen LogP contribution in [0.15, 0.2) is 45.9 Å². The van der Waals surface area contributed by atoms with Crippen molar-refractivity contribution in [3.05, 3.63) is 57.0 Å². The molecule has 1 heterocycles. The standard InChI is InChI=1S/C15H18BrN3O/c1-3-9-19-10-8-17-14(15(19)20)18-11(2)12-4-6-13(16)7-5-12/h4-8,10-11H,3,9H2,1-2H3,(H,17,18). The fraction of sp³-hybridized carbons (Fsp3) is 0.333. The summed E-state index contributed by atoms with van der Waals surface area (Å²) in [4.78, 5) is 16.4. The predicted octanol–water partition coefficient (Wildman–Crippen LogP) is 3.59. The van der Waals surface area contributed by atoms with Gasteiger partial charge in [0, 0.05) is 23.4 Å². The van der Waals surface area contributed by atoms with E-state index < -0.39 is 0 Å². The monoisotopic (exact) mass is 335 g/mol. The van der Waals surface area contributed by atoms with Crippen molar-refractivity contribution < 1.29 is 0 Å². The van der Waals surface area contributed by atoms with E-state index in [1.807, 2.05) is 38.1 Å². The minimum atomic E-state index is -0.0710. The van der Waals surface area contributed by atoms with E-state index in [2.05, 4.69) is 26.2 Å². The Morgan fingerprint density at radius 1 is 1.35 bits per heavy atom. The maximum absolute atomic E-state index is 12.2. The van der Waals surface area contributed by atoms with Gasteiger partial charge in [0.1, 0.15) is 0 Å². The predicted molar refractivity (Wildman–Crippen MR) is 85.0 cm³/mol. The molecule has 1 aromatic carbocycles. The zero-order chi connectivity index (χ0) is 14.5. The molecule has 1 atom stereocenters. The Labute approximate surface area is 127 Å². The number of hydrogen-bond acceptors (Lipinski definition) is 3. The summed E-state index contributed by atoms with van der Waals surface area (Å²) in [6, 6.07) is 8.05. The Kier molecular flexibility index (Phi) is 4.95. The highest BCUT2D eigenvalue weighted by atomic mass is 79.9. The molecule has 0 saturated carbocycles. The van der Waals surface area contributed by atoms with Gasteiger partial charge in [-0.25, -0.2) is 4.98 Å². The van der Waals surface area contributed by atoms with Gasteiger partial charge in [-0.3, -0.25) is 4.79 Å². The van der Waals surface area contributed by atoms with Crippen LogP contribution in [0.25, 0.3) is 0 Å². The molecule has 4 nitrogen and oxygen atoms in total. The van der Waals surface area contributed by atoms with Crippen LogP contribution < -0.4 is 10.9 Å². The Hall–Kier alpha value is -1.62. The van der Waals surface area contributed by atoms with Crippen molar-refractivity contribution in [2.75, 3.05) is 5.32 Å². The van der Waals surface area contributed by atoms with Gasteiger partial charge in [0.25, 0.3) is 5.56 Å². The molecule has 1 aromatic heterocycles. The van der Waals surface area contributed by atoms with Gasteiger partial charge < -0.3 is 9.88 Å². The average molecular weight is 336 g/mol. The van der Waals surface area contributed by atoms with Gasteiger partial charge >= 0.3 is 0 Å². The molecule has 0 bridgehead atoms. The van der Waals surface area contributed by atoms with Gasteiger partial charge in [-0.05, 0) is 31.0 Å². The lowest BCUT2D eigenvalue weighted by Gasteiger charge is -2.15. The van der Waals surface area contributed by atoms with Crippen LogP contribution in [0.5, 0.6) is 0 Å². The Bertz CT molecular complexity index is 622. The molecule has 0 radical (unpaired) electrons. The second-order valence-corrected chi connectivity index (χ2v) is 5.61. The summed E-state index contributed by atoms with van der Waals surface area (Å²) in [5, 5.41) is 3.18. The number of anilines is 1. The summed E-state index contributed by atoms with van der Waals surface area (Å²) in [5.74, 6) is 0.399. The number of halogens is 1. The van der Waals surface area contributed by atoms with E-state index in [9.17, 15) is 4.79 Å². The third-order valence-corrected chi connectivity index (χ3v) is 3.63. The largest absolute Gasteiger partial charge is 0.359 e. The van der Waals surface area contributed by atoms with Crippen LogP contribution in [-0.4, -0.2) is 9.55 Å². The normalized spacial score (nSPS) is 12.2. The lowest BCUT2D eigenvalue weighted by atomic mass is 10.1. The molecule has 0 fully saturated rings. The number of benzene rings is 1. The molecule has 0 spiro atoms. The van der Waals surface area contributed by atoms with E-state index in [1.54, 1.807) is 17.0 Å². The van der Waals surface area contributed by atoms with Crippen molar-refractivity contribution >= 4 is 21.7 Å². The number of hydrogen-bond donors (Lipinski definition) is 1. The van der Waals surface area contributed by atoms with Crippen LogP contribution in [0.3, 0.4) is 0 Å². The van der Waals surface area contributed by atoms with Crippen molar-refractivity contribution in [3.63, 3.8) is 0 Å². The second-order valence-electron chi connectivity index (χ2n) is 4.69. The zero-order valence-corrected chi connectivity index (χ0v) is 13.2. The van der Waals surface area contributed by atoms with Gasteiger partial charge in [-0.2, -0.15) is 0 Å². The quantitative estimate of drug-likeness (QED) is 0.908. The SMILES string of the molecule is CCCn1ccnc(NC(C)c2ccc(Br)cc2)c1=O.